The van der Waals surface area contributed by atoms with E-state index in [4.69, 9.17) is 0 Å². The van der Waals surface area contributed by atoms with Crippen LogP contribution >= 0.6 is 0 Å². The van der Waals surface area contributed by atoms with E-state index in [1.165, 1.54) is 31.9 Å². The third kappa shape index (κ3) is 4.86. The molecule has 0 aliphatic rings. The monoisotopic (exact) mass is 210 g/mol. The molecular formula is C12H19FN2. The van der Waals surface area contributed by atoms with Crippen molar-refractivity contribution in [1.82, 2.24) is 9.97 Å². The lowest BCUT2D eigenvalue weighted by Crippen LogP contribution is -1.97. The van der Waals surface area contributed by atoms with Crippen LogP contribution in [0.3, 0.4) is 0 Å². The van der Waals surface area contributed by atoms with E-state index in [-0.39, 0.29) is 0 Å². The fraction of sp³-hybridized carbons (Fsp3) is 0.667. The van der Waals surface area contributed by atoms with Crippen LogP contribution in [-0.2, 0) is 6.42 Å². The molecule has 2 nitrogen and oxygen atoms in total. The molecule has 0 aliphatic carbocycles. The molecule has 1 aromatic rings. The van der Waals surface area contributed by atoms with Gasteiger partial charge in [-0.1, -0.05) is 39.0 Å². The van der Waals surface area contributed by atoms with Crippen molar-refractivity contribution in [2.24, 2.45) is 0 Å². The Bertz CT molecular complexity index is 276. The number of nitrogens with zero attached hydrogens (tertiary/aromatic N) is 2. The zero-order valence-corrected chi connectivity index (χ0v) is 9.38. The van der Waals surface area contributed by atoms with E-state index >= 15 is 0 Å². The quantitative estimate of drug-likeness (QED) is 0.643. The summed E-state index contributed by atoms with van der Waals surface area (Å²) >= 11 is 0. The van der Waals surface area contributed by atoms with Crippen LogP contribution in [0, 0.1) is 5.95 Å². The van der Waals surface area contributed by atoms with Crippen molar-refractivity contribution < 1.29 is 4.39 Å². The second-order valence-corrected chi connectivity index (χ2v) is 3.81. The van der Waals surface area contributed by atoms with E-state index in [0.717, 1.165) is 12.8 Å². The molecule has 15 heavy (non-hydrogen) atoms. The van der Waals surface area contributed by atoms with Crippen molar-refractivity contribution in [1.29, 1.82) is 0 Å². The zero-order valence-electron chi connectivity index (χ0n) is 9.38. The first-order valence-corrected chi connectivity index (χ1v) is 5.80. The van der Waals surface area contributed by atoms with Crippen LogP contribution in [0.15, 0.2) is 12.4 Å². The summed E-state index contributed by atoms with van der Waals surface area (Å²) in [6, 6.07) is 0. The number of hydrogen-bond acceptors (Lipinski definition) is 2. The summed E-state index contributed by atoms with van der Waals surface area (Å²) in [5, 5.41) is 0. The van der Waals surface area contributed by atoms with E-state index in [2.05, 4.69) is 16.9 Å². The van der Waals surface area contributed by atoms with Gasteiger partial charge in [0.15, 0.2) is 0 Å². The zero-order chi connectivity index (χ0) is 10.9. The molecule has 0 radical (unpaired) electrons. The number of aromatic nitrogens is 2. The molecule has 0 aromatic carbocycles. The second kappa shape index (κ2) is 7.32. The van der Waals surface area contributed by atoms with Gasteiger partial charge in [-0.15, -0.1) is 0 Å². The Kier molecular flexibility index (Phi) is 5.90. The number of rotatable bonds is 7. The summed E-state index contributed by atoms with van der Waals surface area (Å²) in [6.45, 7) is 2.20. The summed E-state index contributed by atoms with van der Waals surface area (Å²) in [6.07, 6.45) is 10.9. The second-order valence-electron chi connectivity index (χ2n) is 3.81. The highest BCUT2D eigenvalue weighted by molar-refractivity contribution is 4.97. The molecule has 1 aromatic heterocycles. The maximum atomic E-state index is 13.0. The predicted molar refractivity (Wildman–Crippen MR) is 59.1 cm³/mol. The fourth-order valence-electron chi connectivity index (χ4n) is 1.59. The summed E-state index contributed by atoms with van der Waals surface area (Å²) in [5.41, 5.74) is 0.507. The van der Waals surface area contributed by atoms with Gasteiger partial charge < -0.3 is 0 Å². The SMILES string of the molecule is CCCCCCCCc1nccnc1F. The third-order valence-electron chi connectivity index (χ3n) is 2.49. The fourth-order valence-corrected chi connectivity index (χ4v) is 1.59. The molecule has 0 unspecified atom stereocenters. The molecule has 0 aliphatic heterocycles. The van der Waals surface area contributed by atoms with Gasteiger partial charge in [0, 0.05) is 12.4 Å². The molecule has 0 bridgehead atoms. The van der Waals surface area contributed by atoms with E-state index in [0.29, 0.717) is 12.1 Å². The van der Waals surface area contributed by atoms with Gasteiger partial charge in [-0.2, -0.15) is 4.39 Å². The molecule has 3 heteroatoms. The lowest BCUT2D eigenvalue weighted by molar-refractivity contribution is 0.540. The molecular weight excluding hydrogens is 191 g/mol. The minimum Gasteiger partial charge on any atom is -0.255 e. The average Bonchev–Trinajstić information content (AvgIpc) is 2.25. The van der Waals surface area contributed by atoms with Gasteiger partial charge in [-0.3, -0.25) is 4.98 Å². The van der Waals surface area contributed by atoms with Crippen LogP contribution in [0.5, 0.6) is 0 Å². The Morgan fingerprint density at radius 1 is 1.00 bits per heavy atom. The van der Waals surface area contributed by atoms with E-state index < -0.39 is 5.95 Å². The average molecular weight is 210 g/mol. The maximum Gasteiger partial charge on any atom is 0.234 e. The number of unbranched alkanes of at least 4 members (excludes halogenated alkanes) is 5. The van der Waals surface area contributed by atoms with Crippen molar-refractivity contribution >= 4 is 0 Å². The highest BCUT2D eigenvalue weighted by Crippen LogP contribution is 2.09. The largest absolute Gasteiger partial charge is 0.255 e. The summed E-state index contributed by atoms with van der Waals surface area (Å²) in [5.74, 6) is -0.411. The Hall–Kier alpha value is -0.990. The molecule has 0 saturated carbocycles. The lowest BCUT2D eigenvalue weighted by atomic mass is 10.1. The van der Waals surface area contributed by atoms with Gasteiger partial charge in [0.2, 0.25) is 5.95 Å². The van der Waals surface area contributed by atoms with Crippen molar-refractivity contribution in [3.63, 3.8) is 0 Å². The Morgan fingerprint density at radius 2 is 1.67 bits per heavy atom. The minimum absolute atomic E-state index is 0.411. The highest BCUT2D eigenvalue weighted by atomic mass is 19.1. The van der Waals surface area contributed by atoms with Gasteiger partial charge in [0.25, 0.3) is 0 Å². The summed E-state index contributed by atoms with van der Waals surface area (Å²) in [7, 11) is 0. The first-order valence-electron chi connectivity index (χ1n) is 5.80. The van der Waals surface area contributed by atoms with Gasteiger partial charge >= 0.3 is 0 Å². The van der Waals surface area contributed by atoms with E-state index in [1.807, 2.05) is 0 Å². The van der Waals surface area contributed by atoms with Crippen molar-refractivity contribution in [3.8, 4) is 0 Å². The summed E-state index contributed by atoms with van der Waals surface area (Å²) in [4.78, 5) is 7.55. The van der Waals surface area contributed by atoms with Gasteiger partial charge in [0.1, 0.15) is 0 Å². The smallest absolute Gasteiger partial charge is 0.234 e. The Morgan fingerprint density at radius 3 is 2.40 bits per heavy atom. The molecule has 0 N–H and O–H groups in total. The first-order chi connectivity index (χ1) is 7.34. The minimum atomic E-state index is -0.411. The number of hydrogen-bond donors (Lipinski definition) is 0. The van der Waals surface area contributed by atoms with Crippen LogP contribution in [0.4, 0.5) is 4.39 Å². The van der Waals surface area contributed by atoms with E-state index in [1.54, 1.807) is 6.20 Å². The molecule has 0 spiro atoms. The standard InChI is InChI=1S/C12H19FN2/c1-2-3-4-5-6-7-8-11-12(13)15-10-9-14-11/h9-10H,2-8H2,1H3. The summed E-state index contributed by atoms with van der Waals surface area (Å²) < 4.78 is 13.0. The molecule has 1 rings (SSSR count). The number of halogens is 1. The van der Waals surface area contributed by atoms with Gasteiger partial charge in [-0.25, -0.2) is 4.98 Å². The lowest BCUT2D eigenvalue weighted by Gasteiger charge is -2.01. The van der Waals surface area contributed by atoms with Crippen molar-refractivity contribution in [3.05, 3.63) is 24.0 Å². The van der Waals surface area contributed by atoms with Crippen LogP contribution in [0.25, 0.3) is 0 Å². The highest BCUT2D eigenvalue weighted by Gasteiger charge is 2.02. The van der Waals surface area contributed by atoms with Gasteiger partial charge in [0.05, 0.1) is 5.69 Å². The van der Waals surface area contributed by atoms with Gasteiger partial charge in [-0.05, 0) is 12.8 Å². The van der Waals surface area contributed by atoms with Crippen LogP contribution in [0.1, 0.15) is 51.1 Å². The molecule has 84 valence electrons. The maximum absolute atomic E-state index is 13.0. The van der Waals surface area contributed by atoms with Crippen LogP contribution in [0.2, 0.25) is 0 Å². The molecule has 0 atom stereocenters. The third-order valence-corrected chi connectivity index (χ3v) is 2.49. The van der Waals surface area contributed by atoms with Crippen LogP contribution in [-0.4, -0.2) is 9.97 Å². The normalized spacial score (nSPS) is 10.5. The Labute approximate surface area is 91.0 Å². The number of aryl methyl sites for hydroxylation is 1. The topological polar surface area (TPSA) is 25.8 Å². The molecule has 0 amide bonds. The predicted octanol–water partition coefficient (Wildman–Crippen LogP) is 3.52. The Balaban J connectivity index is 2.12. The first kappa shape index (κ1) is 12.1. The van der Waals surface area contributed by atoms with Crippen molar-refractivity contribution in [2.45, 2.75) is 51.9 Å². The van der Waals surface area contributed by atoms with Crippen LogP contribution < -0.4 is 0 Å². The molecule has 0 saturated heterocycles. The van der Waals surface area contributed by atoms with Crippen molar-refractivity contribution in [2.75, 3.05) is 0 Å². The molecule has 0 fully saturated rings. The molecule has 1 heterocycles. The van der Waals surface area contributed by atoms with E-state index in [9.17, 15) is 4.39 Å².